The van der Waals surface area contributed by atoms with Gasteiger partial charge in [-0.2, -0.15) is 0 Å². The van der Waals surface area contributed by atoms with Crippen LogP contribution in [0.15, 0.2) is 12.1 Å². The number of aryl methyl sites for hydroxylation is 2. The van der Waals surface area contributed by atoms with E-state index in [1.54, 1.807) is 13.8 Å². The molecule has 0 spiro atoms. The van der Waals surface area contributed by atoms with E-state index in [0.29, 0.717) is 19.6 Å². The number of aliphatic hydroxyl groups is 1. The molecule has 1 rings (SSSR count). The van der Waals surface area contributed by atoms with Crippen LogP contribution in [0.25, 0.3) is 0 Å². The SMILES string of the molecule is Cc1cc(CN)cc(C)c1OCCC(C)(C)O. The molecule has 0 fully saturated rings. The molecular formula is C14H23NO2. The van der Waals surface area contributed by atoms with Crippen LogP contribution in [0.2, 0.25) is 0 Å². The molecule has 0 aliphatic carbocycles. The first-order chi connectivity index (χ1) is 7.83. The van der Waals surface area contributed by atoms with Gasteiger partial charge < -0.3 is 15.6 Å². The van der Waals surface area contributed by atoms with Crippen molar-refractivity contribution >= 4 is 0 Å². The Morgan fingerprint density at radius 3 is 2.18 bits per heavy atom. The molecule has 0 unspecified atom stereocenters. The second kappa shape index (κ2) is 5.52. The summed E-state index contributed by atoms with van der Waals surface area (Å²) in [7, 11) is 0. The highest BCUT2D eigenvalue weighted by molar-refractivity contribution is 5.43. The van der Waals surface area contributed by atoms with E-state index in [9.17, 15) is 5.11 Å². The van der Waals surface area contributed by atoms with E-state index in [1.807, 2.05) is 26.0 Å². The first kappa shape index (κ1) is 14.0. The fourth-order valence-electron chi connectivity index (χ4n) is 1.79. The van der Waals surface area contributed by atoms with Gasteiger partial charge in [0.2, 0.25) is 0 Å². The van der Waals surface area contributed by atoms with E-state index < -0.39 is 5.60 Å². The van der Waals surface area contributed by atoms with E-state index in [1.165, 1.54) is 0 Å². The molecule has 96 valence electrons. The summed E-state index contributed by atoms with van der Waals surface area (Å²) in [6.45, 7) is 8.68. The molecular weight excluding hydrogens is 214 g/mol. The molecule has 0 heterocycles. The van der Waals surface area contributed by atoms with E-state index >= 15 is 0 Å². The maximum absolute atomic E-state index is 9.62. The quantitative estimate of drug-likeness (QED) is 0.826. The minimum absolute atomic E-state index is 0.521. The molecule has 0 amide bonds. The zero-order chi connectivity index (χ0) is 13.1. The van der Waals surface area contributed by atoms with Crippen molar-refractivity contribution in [1.29, 1.82) is 0 Å². The van der Waals surface area contributed by atoms with Gasteiger partial charge in [0.1, 0.15) is 5.75 Å². The summed E-state index contributed by atoms with van der Waals surface area (Å²) in [6.07, 6.45) is 0.616. The fourth-order valence-corrected chi connectivity index (χ4v) is 1.79. The fraction of sp³-hybridized carbons (Fsp3) is 0.571. The van der Waals surface area contributed by atoms with Crippen LogP contribution in [0.5, 0.6) is 5.75 Å². The molecule has 0 aliphatic rings. The summed E-state index contributed by atoms with van der Waals surface area (Å²) in [5.74, 6) is 0.909. The lowest BCUT2D eigenvalue weighted by molar-refractivity contribution is 0.0551. The van der Waals surface area contributed by atoms with Crippen LogP contribution in [0.4, 0.5) is 0 Å². The van der Waals surface area contributed by atoms with Gasteiger partial charge in [-0.25, -0.2) is 0 Å². The van der Waals surface area contributed by atoms with Crippen molar-refractivity contribution < 1.29 is 9.84 Å². The predicted octanol–water partition coefficient (Wildman–Crippen LogP) is 2.30. The van der Waals surface area contributed by atoms with Crippen LogP contribution >= 0.6 is 0 Å². The summed E-state index contributed by atoms with van der Waals surface area (Å²) in [5, 5.41) is 9.62. The van der Waals surface area contributed by atoms with E-state index in [2.05, 4.69) is 0 Å². The van der Waals surface area contributed by atoms with Gasteiger partial charge in [0.05, 0.1) is 12.2 Å². The van der Waals surface area contributed by atoms with Crippen molar-refractivity contribution in [1.82, 2.24) is 0 Å². The monoisotopic (exact) mass is 237 g/mol. The normalized spacial score (nSPS) is 11.6. The van der Waals surface area contributed by atoms with Gasteiger partial charge in [-0.15, -0.1) is 0 Å². The number of hydrogen-bond acceptors (Lipinski definition) is 3. The first-order valence-electron chi connectivity index (χ1n) is 5.99. The van der Waals surface area contributed by atoms with Crippen LogP contribution in [0.3, 0.4) is 0 Å². The first-order valence-corrected chi connectivity index (χ1v) is 5.99. The summed E-state index contributed by atoms with van der Waals surface area (Å²) >= 11 is 0. The van der Waals surface area contributed by atoms with E-state index in [4.69, 9.17) is 10.5 Å². The zero-order valence-corrected chi connectivity index (χ0v) is 11.2. The Morgan fingerprint density at radius 1 is 1.24 bits per heavy atom. The van der Waals surface area contributed by atoms with Gasteiger partial charge >= 0.3 is 0 Å². The van der Waals surface area contributed by atoms with Gasteiger partial charge in [0.25, 0.3) is 0 Å². The van der Waals surface area contributed by atoms with Crippen LogP contribution in [0, 0.1) is 13.8 Å². The highest BCUT2D eigenvalue weighted by atomic mass is 16.5. The summed E-state index contributed by atoms with van der Waals surface area (Å²) in [6, 6.07) is 4.10. The molecule has 3 nitrogen and oxygen atoms in total. The highest BCUT2D eigenvalue weighted by Gasteiger charge is 2.13. The average molecular weight is 237 g/mol. The van der Waals surface area contributed by atoms with Crippen molar-refractivity contribution in [2.75, 3.05) is 6.61 Å². The highest BCUT2D eigenvalue weighted by Crippen LogP contribution is 2.25. The lowest BCUT2D eigenvalue weighted by atomic mass is 10.0. The smallest absolute Gasteiger partial charge is 0.125 e. The van der Waals surface area contributed by atoms with E-state index in [-0.39, 0.29) is 0 Å². The Bertz CT molecular complexity index is 357. The molecule has 3 N–H and O–H groups in total. The second-order valence-electron chi connectivity index (χ2n) is 5.17. The molecule has 1 aromatic rings. The molecule has 0 bridgehead atoms. The lowest BCUT2D eigenvalue weighted by Crippen LogP contribution is -2.22. The predicted molar refractivity (Wildman–Crippen MR) is 70.2 cm³/mol. The second-order valence-corrected chi connectivity index (χ2v) is 5.17. The molecule has 1 aromatic carbocycles. The maximum atomic E-state index is 9.62. The summed E-state index contributed by atoms with van der Waals surface area (Å²) < 4.78 is 5.74. The maximum Gasteiger partial charge on any atom is 0.125 e. The third-order valence-electron chi connectivity index (χ3n) is 2.72. The van der Waals surface area contributed by atoms with Gasteiger partial charge in [-0.3, -0.25) is 0 Å². The molecule has 17 heavy (non-hydrogen) atoms. The minimum atomic E-state index is -0.682. The van der Waals surface area contributed by atoms with Crippen LogP contribution in [-0.2, 0) is 6.54 Å². The van der Waals surface area contributed by atoms with Crippen LogP contribution in [0.1, 0.15) is 37.0 Å². The lowest BCUT2D eigenvalue weighted by Gasteiger charge is -2.19. The topological polar surface area (TPSA) is 55.5 Å². The van der Waals surface area contributed by atoms with Crippen molar-refractivity contribution in [2.45, 2.75) is 46.3 Å². The number of benzene rings is 1. The van der Waals surface area contributed by atoms with Crippen molar-refractivity contribution in [3.63, 3.8) is 0 Å². The van der Waals surface area contributed by atoms with Gasteiger partial charge in [0, 0.05) is 13.0 Å². The van der Waals surface area contributed by atoms with Gasteiger partial charge in [-0.1, -0.05) is 12.1 Å². The minimum Gasteiger partial charge on any atom is -0.493 e. The number of rotatable bonds is 5. The number of nitrogens with two attached hydrogens (primary N) is 1. The molecule has 0 radical (unpaired) electrons. The van der Waals surface area contributed by atoms with Crippen LogP contribution < -0.4 is 10.5 Å². The summed E-state index contributed by atoms with van der Waals surface area (Å²) in [5.41, 5.74) is 8.26. The van der Waals surface area contributed by atoms with Crippen LogP contribution in [-0.4, -0.2) is 17.3 Å². The Labute approximate surface area is 104 Å². The Hall–Kier alpha value is -1.06. The molecule has 0 aromatic heterocycles. The standard InChI is InChI=1S/C14H23NO2/c1-10-7-12(9-15)8-11(2)13(10)17-6-5-14(3,4)16/h7-8,16H,5-6,9,15H2,1-4H3. The Kier molecular flexibility index (Phi) is 4.54. The van der Waals surface area contributed by atoms with Crippen molar-refractivity contribution in [2.24, 2.45) is 5.73 Å². The van der Waals surface area contributed by atoms with Crippen molar-refractivity contribution in [3.05, 3.63) is 28.8 Å². The largest absolute Gasteiger partial charge is 0.493 e. The number of ether oxygens (including phenoxy) is 1. The Balaban J connectivity index is 2.72. The molecule has 0 atom stereocenters. The Morgan fingerprint density at radius 2 is 1.76 bits per heavy atom. The summed E-state index contributed by atoms with van der Waals surface area (Å²) in [4.78, 5) is 0. The third kappa shape index (κ3) is 4.36. The third-order valence-corrected chi connectivity index (χ3v) is 2.72. The number of hydrogen-bond donors (Lipinski definition) is 2. The van der Waals surface area contributed by atoms with E-state index in [0.717, 1.165) is 22.4 Å². The molecule has 0 aliphatic heterocycles. The van der Waals surface area contributed by atoms with Gasteiger partial charge in [0.15, 0.2) is 0 Å². The zero-order valence-electron chi connectivity index (χ0n) is 11.2. The molecule has 3 heteroatoms. The van der Waals surface area contributed by atoms with Gasteiger partial charge in [-0.05, 0) is 44.4 Å². The average Bonchev–Trinajstić information content (AvgIpc) is 2.20. The van der Waals surface area contributed by atoms with Crippen molar-refractivity contribution in [3.8, 4) is 5.75 Å². The molecule has 0 saturated heterocycles. The molecule has 0 saturated carbocycles.